The number of allylic oxidation sites excluding steroid dienone is 3. The predicted octanol–water partition coefficient (Wildman–Crippen LogP) is 6.16. The summed E-state index contributed by atoms with van der Waals surface area (Å²) in [4.78, 5) is 26.2. The summed E-state index contributed by atoms with van der Waals surface area (Å²) in [5, 5.41) is 0. The molecule has 0 aliphatic heterocycles. The monoisotopic (exact) mass is 469 g/mol. The molecule has 0 radical (unpaired) electrons. The van der Waals surface area contributed by atoms with Gasteiger partial charge in [0.25, 0.3) is 0 Å². The molecule has 2 fully saturated rings. The van der Waals surface area contributed by atoms with Crippen LogP contribution in [0.5, 0.6) is 0 Å². The quantitative estimate of drug-likeness (QED) is 0.429. The van der Waals surface area contributed by atoms with Gasteiger partial charge in [0, 0.05) is 24.8 Å². The maximum atomic E-state index is 12.3. The molecule has 2 aromatic heterocycles. The van der Waals surface area contributed by atoms with E-state index in [9.17, 15) is 4.79 Å². The van der Waals surface area contributed by atoms with E-state index < -0.39 is 0 Å². The number of hydrogen-bond acceptors (Lipinski definition) is 5. The summed E-state index contributed by atoms with van der Waals surface area (Å²) in [6, 6.07) is 7.85. The van der Waals surface area contributed by atoms with Crippen molar-refractivity contribution in [1.82, 2.24) is 15.4 Å². The van der Waals surface area contributed by atoms with Crippen LogP contribution in [0, 0.1) is 28.6 Å². The first-order chi connectivity index (χ1) is 17.0. The maximum absolute atomic E-state index is 12.3. The van der Waals surface area contributed by atoms with E-state index in [0.717, 1.165) is 37.0 Å². The van der Waals surface area contributed by atoms with Crippen LogP contribution in [0.2, 0.25) is 0 Å². The molecule has 5 nitrogen and oxygen atoms in total. The van der Waals surface area contributed by atoms with Crippen molar-refractivity contribution < 1.29 is 9.63 Å². The van der Waals surface area contributed by atoms with Gasteiger partial charge in [-0.15, -0.1) is 5.48 Å². The van der Waals surface area contributed by atoms with Gasteiger partial charge in [-0.2, -0.15) is 0 Å². The van der Waals surface area contributed by atoms with E-state index in [-0.39, 0.29) is 22.8 Å². The second-order valence-electron chi connectivity index (χ2n) is 11.5. The van der Waals surface area contributed by atoms with Crippen molar-refractivity contribution in [3.05, 3.63) is 77.9 Å². The minimum absolute atomic E-state index is 0.0782. The van der Waals surface area contributed by atoms with Crippen LogP contribution in [-0.4, -0.2) is 22.0 Å². The number of hydrogen-bond donors (Lipinski definition) is 1. The lowest BCUT2D eigenvalue weighted by Crippen LogP contribution is -2.51. The van der Waals surface area contributed by atoms with Crippen LogP contribution in [0.25, 0.3) is 5.57 Å². The van der Waals surface area contributed by atoms with Gasteiger partial charge in [0.05, 0.1) is 11.6 Å². The standard InChI is InChI=1S/C30H35N3O2/c1-29-13-11-23(33-35-28(34)21-6-4-16-32-19-21)17-22(29)7-8-24-26-10-9-25(20-5-3-15-31-18-20)30(26,2)14-12-27(24)29/h3-6,9,15-19,23-24,26-27,33H,7-8,10-14H2,1-2H3. The predicted molar refractivity (Wildman–Crippen MR) is 136 cm³/mol. The molecule has 0 amide bonds. The van der Waals surface area contributed by atoms with Gasteiger partial charge in [-0.1, -0.05) is 37.6 Å². The average molecular weight is 470 g/mol. The van der Waals surface area contributed by atoms with Crippen LogP contribution in [0.4, 0.5) is 0 Å². The number of carbonyl (C=O) groups excluding carboxylic acids is 1. The van der Waals surface area contributed by atoms with Crippen LogP contribution >= 0.6 is 0 Å². The molecule has 1 N–H and O–H groups in total. The van der Waals surface area contributed by atoms with E-state index in [2.05, 4.69) is 53.6 Å². The molecule has 5 heteroatoms. The number of nitrogens with zero attached hydrogens (tertiary/aromatic N) is 2. The molecule has 2 saturated carbocycles. The summed E-state index contributed by atoms with van der Waals surface area (Å²) in [6.45, 7) is 5.03. The summed E-state index contributed by atoms with van der Waals surface area (Å²) in [5.74, 6) is 1.86. The van der Waals surface area contributed by atoms with E-state index in [1.165, 1.54) is 43.0 Å². The zero-order valence-electron chi connectivity index (χ0n) is 20.7. The van der Waals surface area contributed by atoms with Crippen molar-refractivity contribution in [1.29, 1.82) is 0 Å². The van der Waals surface area contributed by atoms with Gasteiger partial charge < -0.3 is 4.84 Å². The first-order valence-electron chi connectivity index (χ1n) is 13.2. The lowest BCUT2D eigenvalue weighted by molar-refractivity contribution is -0.0279. The van der Waals surface area contributed by atoms with Gasteiger partial charge >= 0.3 is 5.97 Å². The fourth-order valence-electron chi connectivity index (χ4n) is 8.03. The number of hydroxylamine groups is 1. The molecule has 6 rings (SSSR count). The van der Waals surface area contributed by atoms with Gasteiger partial charge in [0.1, 0.15) is 0 Å². The Kier molecular flexibility index (Phi) is 5.63. The maximum Gasteiger partial charge on any atom is 0.358 e. The van der Waals surface area contributed by atoms with Gasteiger partial charge in [-0.25, -0.2) is 4.79 Å². The molecule has 6 atom stereocenters. The normalized spacial score (nSPS) is 35.7. The van der Waals surface area contributed by atoms with Crippen molar-refractivity contribution in [3.8, 4) is 0 Å². The fourth-order valence-corrected chi connectivity index (χ4v) is 8.03. The lowest BCUT2D eigenvalue weighted by Gasteiger charge is -2.58. The molecular formula is C30H35N3O2. The first-order valence-corrected chi connectivity index (χ1v) is 13.2. The Hall–Kier alpha value is -2.79. The Morgan fingerprint density at radius 1 is 1.00 bits per heavy atom. The largest absolute Gasteiger partial charge is 0.366 e. The van der Waals surface area contributed by atoms with E-state index in [1.807, 2.05) is 12.4 Å². The van der Waals surface area contributed by atoms with Crippen LogP contribution < -0.4 is 5.48 Å². The fraction of sp³-hybridized carbons (Fsp3) is 0.500. The second-order valence-corrected chi connectivity index (χ2v) is 11.5. The van der Waals surface area contributed by atoms with E-state index >= 15 is 0 Å². The highest BCUT2D eigenvalue weighted by atomic mass is 16.7. The third kappa shape index (κ3) is 3.76. The summed E-state index contributed by atoms with van der Waals surface area (Å²) < 4.78 is 0. The van der Waals surface area contributed by atoms with Crippen LogP contribution in [0.3, 0.4) is 0 Å². The molecule has 2 heterocycles. The molecule has 0 saturated heterocycles. The molecule has 35 heavy (non-hydrogen) atoms. The highest BCUT2D eigenvalue weighted by Gasteiger charge is 2.57. The molecule has 6 unspecified atom stereocenters. The molecular weight excluding hydrogens is 434 g/mol. The zero-order valence-corrected chi connectivity index (χ0v) is 20.7. The highest BCUT2D eigenvalue weighted by molar-refractivity contribution is 5.88. The number of nitrogens with one attached hydrogen (secondary N) is 1. The van der Waals surface area contributed by atoms with Gasteiger partial charge in [0.15, 0.2) is 0 Å². The van der Waals surface area contributed by atoms with Crippen LogP contribution in [0.1, 0.15) is 74.7 Å². The van der Waals surface area contributed by atoms with Crippen molar-refractivity contribution >= 4 is 11.5 Å². The third-order valence-electron chi connectivity index (χ3n) is 9.87. The van der Waals surface area contributed by atoms with E-state index in [4.69, 9.17) is 4.84 Å². The smallest absolute Gasteiger partial charge is 0.358 e. The Morgan fingerprint density at radius 3 is 2.57 bits per heavy atom. The second kappa shape index (κ2) is 8.70. The topological polar surface area (TPSA) is 64.1 Å². The summed E-state index contributed by atoms with van der Waals surface area (Å²) in [5.41, 5.74) is 8.44. The van der Waals surface area contributed by atoms with Crippen molar-refractivity contribution in [2.45, 2.75) is 64.8 Å². The number of pyridine rings is 2. The summed E-state index contributed by atoms with van der Waals surface area (Å²) >= 11 is 0. The molecule has 4 aliphatic rings. The zero-order chi connectivity index (χ0) is 24.0. The molecule has 4 aliphatic carbocycles. The number of rotatable bonds is 4. The van der Waals surface area contributed by atoms with Crippen molar-refractivity contribution in [2.75, 3.05) is 0 Å². The van der Waals surface area contributed by atoms with Gasteiger partial charge in [-0.05, 0) is 103 Å². The van der Waals surface area contributed by atoms with E-state index in [0.29, 0.717) is 5.56 Å². The Labute approximate surface area is 208 Å². The summed E-state index contributed by atoms with van der Waals surface area (Å²) in [7, 11) is 0. The van der Waals surface area contributed by atoms with Gasteiger partial charge in [0.2, 0.25) is 0 Å². The Balaban J connectivity index is 1.16. The summed E-state index contributed by atoms with van der Waals surface area (Å²) in [6.07, 6.45) is 20.3. The SMILES string of the molecule is CC12CCC(NOC(=O)c3cccnc3)C=C1CCC1C2CCC2(C)C(c3cccnc3)=CCC12. The number of fused-ring (bicyclic) bond motifs is 5. The molecule has 0 spiro atoms. The number of aromatic nitrogens is 2. The van der Waals surface area contributed by atoms with Crippen LogP contribution in [-0.2, 0) is 4.84 Å². The highest BCUT2D eigenvalue weighted by Crippen LogP contribution is 2.66. The van der Waals surface area contributed by atoms with Gasteiger partial charge in [-0.3, -0.25) is 9.97 Å². The molecule has 2 aromatic rings. The average Bonchev–Trinajstić information content (AvgIpc) is 3.25. The molecule has 0 bridgehead atoms. The van der Waals surface area contributed by atoms with Crippen molar-refractivity contribution in [3.63, 3.8) is 0 Å². The van der Waals surface area contributed by atoms with Crippen LogP contribution in [0.15, 0.2) is 66.8 Å². The minimum Gasteiger partial charge on any atom is -0.366 e. The van der Waals surface area contributed by atoms with Crippen molar-refractivity contribution in [2.24, 2.45) is 28.6 Å². The first kappa shape index (κ1) is 22.7. The minimum atomic E-state index is -0.377. The Bertz CT molecular complexity index is 1160. The molecule has 182 valence electrons. The van der Waals surface area contributed by atoms with E-state index in [1.54, 1.807) is 23.9 Å². The Morgan fingerprint density at radius 2 is 1.80 bits per heavy atom. The third-order valence-corrected chi connectivity index (χ3v) is 9.87. The molecule has 0 aromatic carbocycles. The number of carbonyl (C=O) groups is 1. The lowest BCUT2D eigenvalue weighted by atomic mass is 9.46.